The van der Waals surface area contributed by atoms with Crippen molar-refractivity contribution in [3.8, 4) is 0 Å². The van der Waals surface area contributed by atoms with Crippen LogP contribution in [0.1, 0.15) is 12.8 Å². The van der Waals surface area contributed by atoms with Gasteiger partial charge in [0.1, 0.15) is 0 Å². The third kappa shape index (κ3) is 3.02. The first-order valence-electron chi connectivity index (χ1n) is 4.56. The zero-order chi connectivity index (χ0) is 11.4. The van der Waals surface area contributed by atoms with Crippen molar-refractivity contribution in [1.29, 1.82) is 0 Å². The second kappa shape index (κ2) is 4.88. The Morgan fingerprint density at radius 1 is 1.40 bits per heavy atom. The van der Waals surface area contributed by atoms with Crippen molar-refractivity contribution in [2.24, 2.45) is 12.8 Å². The van der Waals surface area contributed by atoms with E-state index in [-0.39, 0.29) is 0 Å². The molecule has 0 saturated heterocycles. The maximum absolute atomic E-state index is 11.4. The lowest BCUT2D eigenvalue weighted by Gasteiger charge is -2.05. The van der Waals surface area contributed by atoms with E-state index < -0.39 is 11.1 Å². The number of aryl methyl sites for hydroxylation is 2. The number of aromatic nitrogens is 2. The number of rotatable bonds is 4. The highest BCUT2D eigenvalue weighted by Crippen LogP contribution is 1.91. The molecule has 0 aliphatic rings. The van der Waals surface area contributed by atoms with Gasteiger partial charge in [0.25, 0.3) is 0 Å². The summed E-state index contributed by atoms with van der Waals surface area (Å²) < 4.78 is 2.63. The molecule has 1 heterocycles. The van der Waals surface area contributed by atoms with Gasteiger partial charge in [-0.3, -0.25) is 9.59 Å². The molecular formula is C9H13N3O2S. The summed E-state index contributed by atoms with van der Waals surface area (Å²) in [6, 6.07) is 0. The van der Waals surface area contributed by atoms with Crippen LogP contribution in [0.4, 0.5) is 0 Å². The fourth-order valence-electron chi connectivity index (χ4n) is 1.19. The molecule has 0 unspecified atom stereocenters. The van der Waals surface area contributed by atoms with Crippen LogP contribution in [0.2, 0.25) is 0 Å². The van der Waals surface area contributed by atoms with Crippen molar-refractivity contribution in [2.75, 3.05) is 0 Å². The molecule has 0 saturated carbocycles. The molecule has 1 aromatic heterocycles. The van der Waals surface area contributed by atoms with Crippen LogP contribution in [0.25, 0.3) is 0 Å². The molecule has 0 radical (unpaired) electrons. The summed E-state index contributed by atoms with van der Waals surface area (Å²) in [5, 5.41) is 0. The average Bonchev–Trinajstić information content (AvgIpc) is 2.18. The van der Waals surface area contributed by atoms with Crippen molar-refractivity contribution in [3.63, 3.8) is 0 Å². The van der Waals surface area contributed by atoms with Gasteiger partial charge in [-0.05, 0) is 12.8 Å². The SMILES string of the molecule is Cn1ccn(CCCC(N)=S)c(=O)c1=O. The molecule has 0 aliphatic carbocycles. The third-order valence-corrected chi connectivity index (χ3v) is 2.26. The van der Waals surface area contributed by atoms with Crippen molar-refractivity contribution >= 4 is 17.2 Å². The molecule has 0 aliphatic heterocycles. The fraction of sp³-hybridized carbons (Fsp3) is 0.444. The van der Waals surface area contributed by atoms with Crippen molar-refractivity contribution in [1.82, 2.24) is 9.13 Å². The van der Waals surface area contributed by atoms with Gasteiger partial charge in [-0.15, -0.1) is 0 Å². The maximum Gasteiger partial charge on any atom is 0.316 e. The molecule has 0 bridgehead atoms. The molecule has 2 N–H and O–H groups in total. The van der Waals surface area contributed by atoms with Crippen LogP contribution in [-0.2, 0) is 13.6 Å². The van der Waals surface area contributed by atoms with E-state index in [0.29, 0.717) is 24.4 Å². The van der Waals surface area contributed by atoms with Gasteiger partial charge in [0.15, 0.2) is 0 Å². The number of hydrogen-bond donors (Lipinski definition) is 1. The minimum Gasteiger partial charge on any atom is -0.393 e. The molecule has 0 atom stereocenters. The first-order chi connectivity index (χ1) is 7.02. The Kier molecular flexibility index (Phi) is 3.79. The fourth-order valence-corrected chi connectivity index (χ4v) is 1.33. The monoisotopic (exact) mass is 227 g/mol. The Labute approximate surface area is 92.1 Å². The van der Waals surface area contributed by atoms with Crippen LogP contribution in [0.5, 0.6) is 0 Å². The summed E-state index contributed by atoms with van der Waals surface area (Å²) in [5.41, 5.74) is 4.30. The van der Waals surface area contributed by atoms with Crippen molar-refractivity contribution < 1.29 is 0 Å². The zero-order valence-electron chi connectivity index (χ0n) is 8.47. The van der Waals surface area contributed by atoms with Crippen LogP contribution in [-0.4, -0.2) is 14.1 Å². The van der Waals surface area contributed by atoms with E-state index in [2.05, 4.69) is 0 Å². The Morgan fingerprint density at radius 3 is 2.67 bits per heavy atom. The highest BCUT2D eigenvalue weighted by molar-refractivity contribution is 7.80. The van der Waals surface area contributed by atoms with Gasteiger partial charge in [0, 0.05) is 26.0 Å². The highest BCUT2D eigenvalue weighted by Gasteiger charge is 2.01. The number of nitrogens with two attached hydrogens (primary N) is 1. The van der Waals surface area contributed by atoms with Crippen LogP contribution in [0.15, 0.2) is 22.0 Å². The minimum atomic E-state index is -0.521. The molecular weight excluding hydrogens is 214 g/mol. The lowest BCUT2D eigenvalue weighted by molar-refractivity contribution is 0.611. The molecule has 6 heteroatoms. The standard InChI is InChI=1S/C9H13N3O2S/c1-11-5-6-12(9(14)8(11)13)4-2-3-7(10)15/h5-6H,2-4H2,1H3,(H2,10,15). The molecule has 0 aromatic carbocycles. The summed E-state index contributed by atoms with van der Waals surface area (Å²) in [6.45, 7) is 0.465. The summed E-state index contributed by atoms with van der Waals surface area (Å²) >= 11 is 4.71. The molecule has 5 nitrogen and oxygen atoms in total. The number of nitrogens with zero attached hydrogens (tertiary/aromatic N) is 2. The second-order valence-electron chi connectivity index (χ2n) is 3.28. The summed E-state index contributed by atoms with van der Waals surface area (Å²) in [7, 11) is 1.54. The van der Waals surface area contributed by atoms with Gasteiger partial charge in [0.2, 0.25) is 0 Å². The van der Waals surface area contributed by atoms with Gasteiger partial charge in [-0.1, -0.05) is 12.2 Å². The Balaban J connectivity index is 2.80. The predicted octanol–water partition coefficient (Wildman–Crippen LogP) is -0.387. The molecule has 82 valence electrons. The third-order valence-electron chi connectivity index (χ3n) is 2.06. The first-order valence-corrected chi connectivity index (χ1v) is 4.97. The van der Waals surface area contributed by atoms with E-state index in [0.717, 1.165) is 0 Å². The lowest BCUT2D eigenvalue weighted by atomic mass is 10.3. The van der Waals surface area contributed by atoms with Crippen LogP contribution in [0, 0.1) is 0 Å². The Bertz CT molecular complexity index is 475. The van der Waals surface area contributed by atoms with Crippen LogP contribution < -0.4 is 16.9 Å². The van der Waals surface area contributed by atoms with E-state index in [9.17, 15) is 9.59 Å². The average molecular weight is 227 g/mol. The summed E-state index contributed by atoms with van der Waals surface area (Å²) in [4.78, 5) is 23.1. The van der Waals surface area contributed by atoms with E-state index in [1.165, 1.54) is 9.13 Å². The normalized spacial score (nSPS) is 10.2. The van der Waals surface area contributed by atoms with Gasteiger partial charge in [-0.2, -0.15) is 0 Å². The second-order valence-corrected chi connectivity index (χ2v) is 3.81. The van der Waals surface area contributed by atoms with Crippen molar-refractivity contribution in [2.45, 2.75) is 19.4 Å². The first kappa shape index (κ1) is 11.6. The topological polar surface area (TPSA) is 70.0 Å². The number of hydrogen-bond acceptors (Lipinski definition) is 3. The summed E-state index contributed by atoms with van der Waals surface area (Å²) in [5.74, 6) is 0. The Hall–Kier alpha value is -1.43. The number of thiocarbonyl (C=S) groups is 1. The molecule has 15 heavy (non-hydrogen) atoms. The molecule has 1 rings (SSSR count). The minimum absolute atomic E-state index is 0.423. The predicted molar refractivity (Wildman–Crippen MR) is 62.0 cm³/mol. The van der Waals surface area contributed by atoms with Gasteiger partial charge in [0.05, 0.1) is 4.99 Å². The zero-order valence-corrected chi connectivity index (χ0v) is 9.29. The molecule has 1 aromatic rings. The lowest BCUT2D eigenvalue weighted by Crippen LogP contribution is -2.39. The van der Waals surface area contributed by atoms with E-state index in [4.69, 9.17) is 18.0 Å². The van der Waals surface area contributed by atoms with Gasteiger partial charge >= 0.3 is 11.1 Å². The smallest absolute Gasteiger partial charge is 0.316 e. The molecule has 0 amide bonds. The Morgan fingerprint density at radius 2 is 2.07 bits per heavy atom. The van der Waals surface area contributed by atoms with Crippen molar-refractivity contribution in [3.05, 3.63) is 33.1 Å². The van der Waals surface area contributed by atoms with Gasteiger partial charge < -0.3 is 14.9 Å². The molecule has 0 spiro atoms. The van der Waals surface area contributed by atoms with E-state index in [1.807, 2.05) is 0 Å². The quantitative estimate of drug-likeness (QED) is 0.562. The largest absolute Gasteiger partial charge is 0.393 e. The molecule has 0 fully saturated rings. The maximum atomic E-state index is 11.4. The highest BCUT2D eigenvalue weighted by atomic mass is 32.1. The van der Waals surface area contributed by atoms with E-state index in [1.54, 1.807) is 19.4 Å². The van der Waals surface area contributed by atoms with Gasteiger partial charge in [-0.25, -0.2) is 0 Å². The van der Waals surface area contributed by atoms with Crippen LogP contribution >= 0.6 is 12.2 Å². The van der Waals surface area contributed by atoms with Crippen LogP contribution in [0.3, 0.4) is 0 Å². The van der Waals surface area contributed by atoms with E-state index >= 15 is 0 Å². The summed E-state index contributed by atoms with van der Waals surface area (Å²) in [6.07, 6.45) is 4.40.